The van der Waals surface area contributed by atoms with Gasteiger partial charge in [0, 0.05) is 25.7 Å². The van der Waals surface area contributed by atoms with Gasteiger partial charge in [-0.25, -0.2) is 0 Å². The second-order valence-corrected chi connectivity index (χ2v) is 16.1. The minimum atomic E-state index is -0.415. The van der Waals surface area contributed by atoms with Gasteiger partial charge in [0.15, 0.2) is 0 Å². The lowest BCUT2D eigenvalue weighted by atomic mass is 9.70. The maximum Gasteiger partial charge on any atom is 0.0726 e. The quantitative estimate of drug-likeness (QED) is 0.158. The zero-order chi connectivity index (χ0) is 35.1. The maximum atomic E-state index is 2.56. The summed E-state index contributed by atoms with van der Waals surface area (Å²) in [5.74, 6) is 0. The van der Waals surface area contributed by atoms with Gasteiger partial charge in [-0.2, -0.15) is 0 Å². The molecule has 0 saturated carbocycles. The Hall–Kier alpha value is -6.54. The first kappa shape index (κ1) is 29.0. The number of hydrogen-bond donors (Lipinski definition) is 0. The highest BCUT2D eigenvalue weighted by Gasteiger charge is 2.52. The normalized spacial score (nSPS) is 13.7. The molecule has 0 N–H and O–H groups in total. The highest BCUT2D eigenvalue weighted by molar-refractivity contribution is 7.26. The van der Waals surface area contributed by atoms with Crippen LogP contribution in [0, 0.1) is 0 Å². The van der Waals surface area contributed by atoms with Gasteiger partial charge < -0.3 is 0 Å². The van der Waals surface area contributed by atoms with E-state index in [1.165, 1.54) is 119 Å². The van der Waals surface area contributed by atoms with E-state index in [0.29, 0.717) is 0 Å². The Labute approximate surface area is 316 Å². The van der Waals surface area contributed by atoms with Crippen LogP contribution in [0.5, 0.6) is 0 Å². The summed E-state index contributed by atoms with van der Waals surface area (Å²) < 4.78 is 2.73. The van der Waals surface area contributed by atoms with E-state index in [4.69, 9.17) is 0 Å². The third kappa shape index (κ3) is 3.49. The molecule has 10 aromatic carbocycles. The largest absolute Gasteiger partial charge is 0.135 e. The summed E-state index contributed by atoms with van der Waals surface area (Å²) in [4.78, 5) is 0. The van der Waals surface area contributed by atoms with Crippen LogP contribution in [0.1, 0.15) is 22.3 Å². The summed E-state index contributed by atoms with van der Waals surface area (Å²) in [5.41, 5.74) is 15.6. The Morgan fingerprint density at radius 1 is 0.333 bits per heavy atom. The minimum Gasteiger partial charge on any atom is -0.135 e. The molecule has 0 bridgehead atoms. The summed E-state index contributed by atoms with van der Waals surface area (Å²) in [5, 5.41) is 10.6. The molecule has 0 unspecified atom stereocenters. The molecule has 1 aromatic heterocycles. The Balaban J connectivity index is 1.14. The van der Waals surface area contributed by atoms with E-state index in [2.05, 4.69) is 182 Å². The van der Waals surface area contributed by atoms with Gasteiger partial charge in [0.2, 0.25) is 0 Å². The van der Waals surface area contributed by atoms with Crippen molar-refractivity contribution in [2.75, 3.05) is 0 Å². The summed E-state index contributed by atoms with van der Waals surface area (Å²) in [6.45, 7) is 0. The van der Waals surface area contributed by atoms with Gasteiger partial charge in [0.25, 0.3) is 0 Å². The van der Waals surface area contributed by atoms with Gasteiger partial charge >= 0.3 is 0 Å². The molecule has 11 aromatic rings. The Kier molecular flexibility index (Phi) is 5.54. The maximum absolute atomic E-state index is 2.56. The third-order valence-electron chi connectivity index (χ3n) is 12.6. The topological polar surface area (TPSA) is 0 Å². The van der Waals surface area contributed by atoms with Gasteiger partial charge in [-0.05, 0) is 112 Å². The zero-order valence-corrected chi connectivity index (χ0v) is 30.0. The third-order valence-corrected chi connectivity index (χ3v) is 13.8. The summed E-state index contributed by atoms with van der Waals surface area (Å²) >= 11 is 1.94. The Morgan fingerprint density at radius 3 is 1.85 bits per heavy atom. The molecule has 0 atom stereocenters. The molecule has 1 heteroatoms. The fourth-order valence-corrected chi connectivity index (χ4v) is 11.8. The van der Waals surface area contributed by atoms with E-state index < -0.39 is 5.41 Å². The van der Waals surface area contributed by atoms with Crippen LogP contribution in [0.25, 0.3) is 97.0 Å². The molecule has 2 aliphatic rings. The molecule has 1 spiro atoms. The highest BCUT2D eigenvalue weighted by atomic mass is 32.1. The first-order chi connectivity index (χ1) is 26.8. The zero-order valence-electron chi connectivity index (χ0n) is 29.2. The van der Waals surface area contributed by atoms with Crippen molar-refractivity contribution in [1.29, 1.82) is 0 Å². The van der Waals surface area contributed by atoms with Crippen LogP contribution < -0.4 is 0 Å². The lowest BCUT2D eigenvalue weighted by Gasteiger charge is -2.31. The fourth-order valence-electron chi connectivity index (χ4n) is 10.5. The standard InChI is InChI=1S/C53H30S/c1-2-11-31(12-3-1)35-24-23-34-29-43(39-17-10-13-32-21-25-40(35)50(34)49(32)39)33-22-26-42-47(30-33)53(44-18-7-4-14-36(44)37-15-5-8-19-45(37)53)46-28-27-41-38-16-6-9-20-48(38)54-52(41)51(42)46/h1-30H. The van der Waals surface area contributed by atoms with Gasteiger partial charge in [0.1, 0.15) is 0 Å². The molecule has 54 heavy (non-hydrogen) atoms. The molecular formula is C53H30S. The van der Waals surface area contributed by atoms with E-state index in [-0.39, 0.29) is 0 Å². The van der Waals surface area contributed by atoms with E-state index in [1.54, 1.807) is 0 Å². The van der Waals surface area contributed by atoms with Crippen molar-refractivity contribution in [3.8, 4) is 44.5 Å². The molecule has 0 saturated heterocycles. The molecule has 1 heterocycles. The number of rotatable bonds is 2. The van der Waals surface area contributed by atoms with Crippen LogP contribution in [-0.2, 0) is 5.41 Å². The second-order valence-electron chi connectivity index (χ2n) is 15.1. The average molecular weight is 699 g/mol. The molecule has 0 nitrogen and oxygen atoms in total. The second kappa shape index (κ2) is 10.3. The molecule has 248 valence electrons. The van der Waals surface area contributed by atoms with E-state index in [0.717, 1.165) is 0 Å². The van der Waals surface area contributed by atoms with Crippen LogP contribution in [0.2, 0.25) is 0 Å². The van der Waals surface area contributed by atoms with Crippen LogP contribution in [0.4, 0.5) is 0 Å². The Morgan fingerprint density at radius 2 is 1.00 bits per heavy atom. The van der Waals surface area contributed by atoms with Crippen LogP contribution >= 0.6 is 11.3 Å². The molecule has 0 amide bonds. The smallest absolute Gasteiger partial charge is 0.0726 e. The lowest BCUT2D eigenvalue weighted by Crippen LogP contribution is -2.25. The molecule has 0 radical (unpaired) electrons. The number of benzene rings is 10. The van der Waals surface area contributed by atoms with E-state index >= 15 is 0 Å². The van der Waals surface area contributed by atoms with Crippen LogP contribution in [-0.4, -0.2) is 0 Å². The minimum absolute atomic E-state index is 0.415. The molecule has 0 fully saturated rings. The fraction of sp³-hybridized carbons (Fsp3) is 0.0189. The predicted molar refractivity (Wildman–Crippen MR) is 230 cm³/mol. The van der Waals surface area contributed by atoms with Crippen molar-refractivity contribution in [3.05, 3.63) is 204 Å². The number of fused-ring (bicyclic) bond motifs is 14. The summed E-state index contributed by atoms with van der Waals surface area (Å²) in [7, 11) is 0. The van der Waals surface area contributed by atoms with Gasteiger partial charge in [-0.1, -0.05) is 164 Å². The Bertz CT molecular complexity index is 3330. The van der Waals surface area contributed by atoms with Gasteiger partial charge in [-0.3, -0.25) is 0 Å². The first-order valence-electron chi connectivity index (χ1n) is 18.8. The highest BCUT2D eigenvalue weighted by Crippen LogP contribution is 2.65. The lowest BCUT2D eigenvalue weighted by molar-refractivity contribution is 0.795. The van der Waals surface area contributed by atoms with Crippen LogP contribution in [0.15, 0.2) is 182 Å². The van der Waals surface area contributed by atoms with Crippen molar-refractivity contribution in [2.24, 2.45) is 0 Å². The summed E-state index contributed by atoms with van der Waals surface area (Å²) in [6, 6.07) is 68.9. The van der Waals surface area contributed by atoms with Gasteiger partial charge in [-0.15, -0.1) is 11.3 Å². The van der Waals surface area contributed by atoms with E-state index in [9.17, 15) is 0 Å². The van der Waals surface area contributed by atoms with Crippen molar-refractivity contribution in [1.82, 2.24) is 0 Å². The summed E-state index contributed by atoms with van der Waals surface area (Å²) in [6.07, 6.45) is 0. The number of hydrogen-bond acceptors (Lipinski definition) is 1. The molecule has 0 aliphatic heterocycles. The monoisotopic (exact) mass is 698 g/mol. The van der Waals surface area contributed by atoms with Crippen LogP contribution in [0.3, 0.4) is 0 Å². The molecular weight excluding hydrogens is 669 g/mol. The van der Waals surface area contributed by atoms with Gasteiger partial charge in [0.05, 0.1) is 5.41 Å². The molecule has 13 rings (SSSR count). The van der Waals surface area contributed by atoms with Crippen molar-refractivity contribution < 1.29 is 0 Å². The predicted octanol–water partition coefficient (Wildman–Crippen LogP) is 14.6. The first-order valence-corrected chi connectivity index (χ1v) is 19.7. The van der Waals surface area contributed by atoms with Crippen molar-refractivity contribution in [3.63, 3.8) is 0 Å². The van der Waals surface area contributed by atoms with Crippen molar-refractivity contribution in [2.45, 2.75) is 5.41 Å². The van der Waals surface area contributed by atoms with Crippen molar-refractivity contribution >= 4 is 63.8 Å². The molecule has 2 aliphatic carbocycles. The SMILES string of the molecule is c1ccc(-c2ccc3cc(-c4ccc5c(c4)C4(c6ccccc6-c6ccccc64)c4ccc6c(sc7ccccc76)c4-5)c4cccc5ccc2c3c54)cc1. The van der Waals surface area contributed by atoms with E-state index in [1.807, 2.05) is 11.3 Å². The number of thiophene rings is 1. The average Bonchev–Trinajstić information content (AvgIpc) is 3.87.